The minimum Gasteiger partial charge on any atom is -0.462 e. The third kappa shape index (κ3) is 27.9. The third-order valence-electron chi connectivity index (χ3n) is 9.83. The Morgan fingerprint density at radius 1 is 0.525 bits per heavy atom. The molecule has 1 aliphatic rings. The van der Waals surface area contributed by atoms with Gasteiger partial charge in [-0.2, -0.15) is 0 Å². The van der Waals surface area contributed by atoms with E-state index < -0.39 is 75.7 Å². The summed E-state index contributed by atoms with van der Waals surface area (Å²) in [5, 5.41) is 50.1. The van der Waals surface area contributed by atoms with E-state index in [1.807, 2.05) is 0 Å². The van der Waals surface area contributed by atoms with Gasteiger partial charge in [0.2, 0.25) is 0 Å². The summed E-state index contributed by atoms with van der Waals surface area (Å²) in [6.07, 6.45) is 28.5. The Labute approximate surface area is 353 Å². The number of rotatable bonds is 35. The smallest absolute Gasteiger partial charge is 0.462 e. The highest BCUT2D eigenvalue weighted by atomic mass is 31.2. The molecule has 6 unspecified atom stereocenters. The molecule has 1 saturated carbocycles. The fourth-order valence-electron chi connectivity index (χ4n) is 6.20. The van der Waals surface area contributed by atoms with E-state index in [-0.39, 0.29) is 12.8 Å². The summed E-state index contributed by atoms with van der Waals surface area (Å²) >= 11 is 0. The van der Waals surface area contributed by atoms with Crippen molar-refractivity contribution in [2.45, 2.75) is 198 Å². The zero-order chi connectivity index (χ0) is 43.6. The van der Waals surface area contributed by atoms with E-state index in [9.17, 15) is 44.6 Å². The normalized spacial score (nSPS) is 22.9. The quantitative estimate of drug-likeness (QED) is 0.0154. The van der Waals surface area contributed by atoms with E-state index in [0.29, 0.717) is 12.8 Å². The van der Waals surface area contributed by atoms with Crippen LogP contribution in [-0.4, -0.2) is 98.3 Å². The summed E-state index contributed by atoms with van der Waals surface area (Å²) in [6, 6.07) is 0. The minimum absolute atomic E-state index is 0.0423. The van der Waals surface area contributed by atoms with E-state index in [4.69, 9.17) is 18.5 Å². The van der Waals surface area contributed by atoms with Gasteiger partial charge < -0.3 is 39.9 Å². The van der Waals surface area contributed by atoms with Crippen LogP contribution in [0.1, 0.15) is 155 Å². The Balaban J connectivity index is 2.53. The molecule has 0 heterocycles. The molecule has 0 bridgehead atoms. The Hall–Kier alpha value is -2.45. The molecule has 14 heteroatoms. The topological polar surface area (TPSA) is 210 Å². The molecule has 0 saturated heterocycles. The largest absolute Gasteiger partial charge is 0.472 e. The van der Waals surface area contributed by atoms with Crippen molar-refractivity contribution in [2.75, 3.05) is 13.2 Å². The molecule has 1 fully saturated rings. The first-order valence-corrected chi connectivity index (χ1v) is 23.6. The van der Waals surface area contributed by atoms with Crippen LogP contribution in [-0.2, 0) is 32.7 Å². The first-order valence-electron chi connectivity index (χ1n) is 22.1. The molecule has 1 aliphatic carbocycles. The number of allylic oxidation sites excluding steroid dienone is 10. The zero-order valence-corrected chi connectivity index (χ0v) is 36.7. The van der Waals surface area contributed by atoms with Crippen molar-refractivity contribution in [3.63, 3.8) is 0 Å². The van der Waals surface area contributed by atoms with Crippen LogP contribution in [0.5, 0.6) is 0 Å². The van der Waals surface area contributed by atoms with Gasteiger partial charge in [-0.15, -0.1) is 0 Å². The Bertz CT molecular complexity index is 1270. The second-order valence-electron chi connectivity index (χ2n) is 15.2. The molecule has 8 atom stereocenters. The summed E-state index contributed by atoms with van der Waals surface area (Å²) in [6.45, 7) is 3.18. The molecule has 0 aromatic rings. The van der Waals surface area contributed by atoms with Gasteiger partial charge in [0.1, 0.15) is 43.2 Å². The van der Waals surface area contributed by atoms with E-state index >= 15 is 0 Å². The number of aliphatic hydroxyl groups excluding tert-OH is 5. The van der Waals surface area contributed by atoms with Gasteiger partial charge in [-0.1, -0.05) is 120 Å². The number of carbonyl (C=O) groups excluding carboxylic acids is 2. The van der Waals surface area contributed by atoms with Crippen LogP contribution in [0.25, 0.3) is 0 Å². The standard InChI is InChI=1S/C45H77O13P/c1-3-5-7-9-11-13-15-17-19-21-23-25-27-29-31-33-38(46)55-35-37(36-56-59(53,54)58-45-43(51)41(49)40(48)42(50)44(45)52)57-39(47)34-32-30-28-26-24-22-20-18-16-14-12-10-8-6-4-2/h11-14,17-20,24,26,37,40-45,48-52H,3-10,15-16,21-23,25,27-36H2,1-2H3,(H,53,54)/b13-11-,14-12-,19-17-,20-18-,26-24-/t37-,40?,41-,42?,43?,44?,45?/m1/s1. The molecule has 0 aromatic carbocycles. The highest BCUT2D eigenvalue weighted by molar-refractivity contribution is 7.47. The van der Waals surface area contributed by atoms with Gasteiger partial charge in [0.05, 0.1) is 6.61 Å². The second kappa shape index (κ2) is 35.2. The van der Waals surface area contributed by atoms with Gasteiger partial charge in [0, 0.05) is 12.8 Å². The van der Waals surface area contributed by atoms with Crippen LogP contribution in [0.2, 0.25) is 0 Å². The Morgan fingerprint density at radius 2 is 0.915 bits per heavy atom. The molecule has 0 aromatic heterocycles. The summed E-state index contributed by atoms with van der Waals surface area (Å²) < 4.78 is 33.4. The lowest BCUT2D eigenvalue weighted by atomic mass is 9.85. The van der Waals surface area contributed by atoms with Crippen LogP contribution in [0.15, 0.2) is 60.8 Å². The minimum atomic E-state index is -5.13. The maximum absolute atomic E-state index is 12.8. The first kappa shape index (κ1) is 54.6. The van der Waals surface area contributed by atoms with Gasteiger partial charge in [-0.25, -0.2) is 4.57 Å². The molecule has 0 aliphatic heterocycles. The van der Waals surface area contributed by atoms with Crippen molar-refractivity contribution >= 4 is 19.8 Å². The molecular formula is C45H77O13P. The number of carbonyl (C=O) groups is 2. The maximum atomic E-state index is 12.8. The van der Waals surface area contributed by atoms with E-state index in [2.05, 4.69) is 74.6 Å². The molecule has 340 valence electrons. The van der Waals surface area contributed by atoms with Crippen molar-refractivity contribution in [1.29, 1.82) is 0 Å². The van der Waals surface area contributed by atoms with Crippen LogP contribution in [0.4, 0.5) is 0 Å². The number of esters is 2. The summed E-state index contributed by atoms with van der Waals surface area (Å²) in [7, 11) is -5.13. The van der Waals surface area contributed by atoms with Crippen LogP contribution >= 0.6 is 7.82 Å². The van der Waals surface area contributed by atoms with E-state index in [0.717, 1.165) is 77.0 Å². The third-order valence-corrected chi connectivity index (χ3v) is 10.8. The predicted molar refractivity (Wildman–Crippen MR) is 230 cm³/mol. The lowest BCUT2D eigenvalue weighted by Gasteiger charge is -2.41. The van der Waals surface area contributed by atoms with Crippen LogP contribution in [0.3, 0.4) is 0 Å². The number of hydrogen-bond donors (Lipinski definition) is 6. The number of hydrogen-bond acceptors (Lipinski definition) is 12. The Morgan fingerprint density at radius 3 is 1.42 bits per heavy atom. The molecular weight excluding hydrogens is 779 g/mol. The van der Waals surface area contributed by atoms with E-state index in [1.54, 1.807) is 0 Å². The average Bonchev–Trinajstić information content (AvgIpc) is 3.21. The number of ether oxygens (including phenoxy) is 2. The lowest BCUT2D eigenvalue weighted by Crippen LogP contribution is -2.64. The van der Waals surface area contributed by atoms with E-state index in [1.165, 1.54) is 38.5 Å². The molecule has 1 rings (SSSR count). The molecule has 0 amide bonds. The van der Waals surface area contributed by atoms with Gasteiger partial charge in [0.25, 0.3) is 0 Å². The zero-order valence-electron chi connectivity index (χ0n) is 35.8. The number of aliphatic hydroxyl groups is 5. The maximum Gasteiger partial charge on any atom is 0.472 e. The number of phosphoric acid groups is 1. The molecule has 6 N–H and O–H groups in total. The van der Waals surface area contributed by atoms with Gasteiger partial charge in [-0.05, 0) is 83.5 Å². The highest BCUT2D eigenvalue weighted by Crippen LogP contribution is 2.47. The first-order chi connectivity index (χ1) is 28.4. The Kier molecular flexibility index (Phi) is 32.5. The number of phosphoric ester groups is 1. The van der Waals surface area contributed by atoms with Crippen molar-refractivity contribution in [3.05, 3.63) is 60.8 Å². The highest BCUT2D eigenvalue weighted by Gasteiger charge is 2.51. The number of unbranched alkanes of at least 4 members (excludes halogenated alkanes) is 13. The van der Waals surface area contributed by atoms with Crippen molar-refractivity contribution in [3.8, 4) is 0 Å². The molecule has 13 nitrogen and oxygen atoms in total. The summed E-state index contributed by atoms with van der Waals surface area (Å²) in [4.78, 5) is 35.6. The fourth-order valence-corrected chi connectivity index (χ4v) is 7.18. The van der Waals surface area contributed by atoms with Gasteiger partial charge in [0.15, 0.2) is 6.10 Å². The van der Waals surface area contributed by atoms with Gasteiger partial charge >= 0.3 is 19.8 Å². The average molecular weight is 857 g/mol. The molecule has 59 heavy (non-hydrogen) atoms. The second-order valence-corrected chi connectivity index (χ2v) is 16.6. The van der Waals surface area contributed by atoms with Crippen LogP contribution in [0, 0.1) is 0 Å². The predicted octanol–water partition coefficient (Wildman–Crippen LogP) is 8.16. The van der Waals surface area contributed by atoms with Gasteiger partial charge in [-0.3, -0.25) is 18.6 Å². The van der Waals surface area contributed by atoms with Crippen LogP contribution < -0.4 is 0 Å². The van der Waals surface area contributed by atoms with Crippen molar-refractivity contribution < 1.29 is 63.1 Å². The monoisotopic (exact) mass is 857 g/mol. The van der Waals surface area contributed by atoms with Crippen molar-refractivity contribution in [2.24, 2.45) is 0 Å². The van der Waals surface area contributed by atoms with Crippen molar-refractivity contribution in [1.82, 2.24) is 0 Å². The summed E-state index contributed by atoms with van der Waals surface area (Å²) in [5.74, 6) is -1.17. The fraction of sp³-hybridized carbons (Fsp3) is 0.733. The lowest BCUT2D eigenvalue weighted by molar-refractivity contribution is -0.220. The summed E-state index contributed by atoms with van der Waals surface area (Å²) in [5.41, 5.74) is 0. The molecule has 0 spiro atoms. The SMILES string of the molecule is CCCCC/C=C\C/C=C\C/C=C\CCCCC(=O)O[C@H](COC(=O)CCCCCCC/C=C\C/C=C\CCCCC)COP(=O)(O)OC1C(O)C(O)C(O)[C@@H](O)C1O. The molecule has 0 radical (unpaired) electrons.